The number of carbonyl (C=O) groups is 1. The molecule has 0 spiro atoms. The zero-order chi connectivity index (χ0) is 12.3. The Balaban J connectivity index is 2.22. The van der Waals surface area contributed by atoms with Crippen molar-refractivity contribution in [2.75, 3.05) is 13.7 Å². The lowest BCUT2D eigenvalue weighted by Gasteiger charge is -2.16. The zero-order valence-electron chi connectivity index (χ0n) is 10.5. The fraction of sp³-hybridized carbons (Fsp3) is 0.500. The zero-order valence-corrected chi connectivity index (χ0v) is 10.5. The summed E-state index contributed by atoms with van der Waals surface area (Å²) >= 11 is 0. The molecule has 1 aromatic carbocycles. The second-order valence-corrected chi connectivity index (χ2v) is 4.36. The minimum absolute atomic E-state index is 0.201. The summed E-state index contributed by atoms with van der Waals surface area (Å²) in [6.45, 7) is 2.25. The molecule has 1 aliphatic rings. The average molecular weight is 233 g/mol. The summed E-state index contributed by atoms with van der Waals surface area (Å²) in [6.07, 6.45) is 3.52. The molecule has 2 rings (SSSR count). The van der Waals surface area contributed by atoms with Crippen LogP contribution in [0.25, 0.3) is 0 Å². The summed E-state index contributed by atoms with van der Waals surface area (Å²) in [4.78, 5) is 11.8. The summed E-state index contributed by atoms with van der Waals surface area (Å²) in [5.74, 6) is -0.201. The highest BCUT2D eigenvalue weighted by atomic mass is 16.5. The van der Waals surface area contributed by atoms with Crippen LogP contribution in [0.3, 0.4) is 0 Å². The summed E-state index contributed by atoms with van der Waals surface area (Å²) in [5, 5.41) is 3.02. The first kappa shape index (κ1) is 12.1. The third kappa shape index (κ3) is 2.50. The largest absolute Gasteiger partial charge is 0.465 e. The second kappa shape index (κ2) is 5.32. The predicted molar refractivity (Wildman–Crippen MR) is 66.9 cm³/mol. The molecule has 17 heavy (non-hydrogen) atoms. The summed E-state index contributed by atoms with van der Waals surface area (Å²) in [5.41, 5.74) is 3.81. The van der Waals surface area contributed by atoms with Gasteiger partial charge >= 0.3 is 5.97 Å². The number of nitrogens with one attached hydrogen (secondary N) is 1. The smallest absolute Gasteiger partial charge is 0.327 e. The number of esters is 1. The molecule has 0 aromatic heterocycles. The molecule has 0 aliphatic heterocycles. The van der Waals surface area contributed by atoms with Crippen molar-refractivity contribution >= 4 is 5.97 Å². The van der Waals surface area contributed by atoms with Gasteiger partial charge in [-0.25, -0.2) is 4.79 Å². The molecule has 3 nitrogen and oxygen atoms in total. The molecular formula is C14H19NO2. The van der Waals surface area contributed by atoms with Crippen LogP contribution in [0, 0.1) is 0 Å². The first-order valence-electron chi connectivity index (χ1n) is 6.22. The highest BCUT2D eigenvalue weighted by Gasteiger charge is 2.21. The molecule has 92 valence electrons. The third-order valence-corrected chi connectivity index (χ3v) is 3.27. The molecule has 0 amide bonds. The molecule has 0 bridgehead atoms. The van der Waals surface area contributed by atoms with E-state index < -0.39 is 0 Å². The van der Waals surface area contributed by atoms with Gasteiger partial charge in [-0.15, -0.1) is 0 Å². The van der Waals surface area contributed by atoms with Gasteiger partial charge in [0.1, 0.15) is 6.04 Å². The van der Waals surface area contributed by atoms with E-state index >= 15 is 0 Å². The van der Waals surface area contributed by atoms with Gasteiger partial charge in [-0.2, -0.15) is 0 Å². The van der Waals surface area contributed by atoms with Crippen LogP contribution in [0.2, 0.25) is 0 Å². The van der Waals surface area contributed by atoms with Crippen molar-refractivity contribution in [3.05, 3.63) is 34.9 Å². The van der Waals surface area contributed by atoms with E-state index in [1.54, 1.807) is 7.05 Å². The van der Waals surface area contributed by atoms with E-state index in [4.69, 9.17) is 4.74 Å². The van der Waals surface area contributed by atoms with E-state index in [9.17, 15) is 4.79 Å². The number of ether oxygens (including phenoxy) is 1. The third-order valence-electron chi connectivity index (χ3n) is 3.27. The SMILES string of the molecule is CCOC(=O)C(NC)c1ccc2c(c1)CCC2. The van der Waals surface area contributed by atoms with Crippen LogP contribution in [0.1, 0.15) is 36.1 Å². The molecule has 0 saturated carbocycles. The van der Waals surface area contributed by atoms with Crippen LogP contribution < -0.4 is 5.32 Å². The van der Waals surface area contributed by atoms with Crippen LogP contribution in [-0.2, 0) is 22.4 Å². The molecule has 0 heterocycles. The first-order chi connectivity index (χ1) is 8.26. The highest BCUT2D eigenvalue weighted by molar-refractivity contribution is 5.77. The predicted octanol–water partition coefficient (Wildman–Crippen LogP) is 2.00. The van der Waals surface area contributed by atoms with Crippen LogP contribution in [-0.4, -0.2) is 19.6 Å². The lowest BCUT2D eigenvalue weighted by molar-refractivity contribution is -0.145. The number of hydrogen-bond acceptors (Lipinski definition) is 3. The Morgan fingerprint density at radius 3 is 2.88 bits per heavy atom. The van der Waals surface area contributed by atoms with Gasteiger partial charge in [0, 0.05) is 0 Å². The quantitative estimate of drug-likeness (QED) is 0.808. The van der Waals surface area contributed by atoms with E-state index in [-0.39, 0.29) is 12.0 Å². The Morgan fingerprint density at radius 2 is 2.18 bits per heavy atom. The summed E-state index contributed by atoms with van der Waals surface area (Å²) < 4.78 is 5.07. The fourth-order valence-electron chi connectivity index (χ4n) is 2.42. The number of fused-ring (bicyclic) bond motifs is 1. The van der Waals surface area contributed by atoms with Crippen molar-refractivity contribution in [2.24, 2.45) is 0 Å². The van der Waals surface area contributed by atoms with Gasteiger partial charge in [0.05, 0.1) is 6.61 Å². The maximum Gasteiger partial charge on any atom is 0.327 e. The first-order valence-corrected chi connectivity index (χ1v) is 6.22. The number of carbonyl (C=O) groups excluding carboxylic acids is 1. The van der Waals surface area contributed by atoms with E-state index in [1.165, 1.54) is 24.0 Å². The Morgan fingerprint density at radius 1 is 1.41 bits per heavy atom. The maximum absolute atomic E-state index is 11.8. The van der Waals surface area contributed by atoms with Gasteiger partial charge in [0.2, 0.25) is 0 Å². The molecule has 1 aliphatic carbocycles. The van der Waals surface area contributed by atoms with Crippen molar-refractivity contribution < 1.29 is 9.53 Å². The minimum Gasteiger partial charge on any atom is -0.465 e. The Bertz CT molecular complexity index is 415. The molecule has 1 unspecified atom stereocenters. The normalized spacial score (nSPS) is 15.4. The van der Waals surface area contributed by atoms with E-state index in [2.05, 4.69) is 17.4 Å². The Kier molecular flexibility index (Phi) is 3.79. The fourth-order valence-corrected chi connectivity index (χ4v) is 2.42. The average Bonchev–Trinajstić information content (AvgIpc) is 2.77. The Labute approximate surface area is 102 Å². The van der Waals surface area contributed by atoms with Gasteiger partial charge in [-0.05, 0) is 49.9 Å². The molecule has 1 N–H and O–H groups in total. The van der Waals surface area contributed by atoms with Gasteiger partial charge < -0.3 is 10.1 Å². The minimum atomic E-state index is -0.346. The number of aryl methyl sites for hydroxylation is 2. The lowest BCUT2D eigenvalue weighted by Crippen LogP contribution is -2.27. The van der Waals surface area contributed by atoms with Gasteiger partial charge in [0.15, 0.2) is 0 Å². The molecule has 1 aromatic rings. The van der Waals surface area contributed by atoms with E-state index in [1.807, 2.05) is 13.0 Å². The summed E-state index contributed by atoms with van der Waals surface area (Å²) in [7, 11) is 1.79. The maximum atomic E-state index is 11.8. The number of benzene rings is 1. The molecule has 0 fully saturated rings. The highest BCUT2D eigenvalue weighted by Crippen LogP contribution is 2.25. The monoisotopic (exact) mass is 233 g/mol. The van der Waals surface area contributed by atoms with Crippen molar-refractivity contribution in [1.82, 2.24) is 5.32 Å². The van der Waals surface area contributed by atoms with E-state index in [0.717, 1.165) is 12.0 Å². The lowest BCUT2D eigenvalue weighted by atomic mass is 10.0. The standard InChI is InChI=1S/C14H19NO2/c1-3-17-14(16)13(15-2)12-8-7-10-5-4-6-11(10)9-12/h7-9,13,15H,3-6H2,1-2H3. The van der Waals surface area contributed by atoms with Crippen LogP contribution in [0.5, 0.6) is 0 Å². The van der Waals surface area contributed by atoms with Crippen molar-refractivity contribution in [3.8, 4) is 0 Å². The number of likely N-dealkylation sites (N-methyl/N-ethyl adjacent to an activating group) is 1. The van der Waals surface area contributed by atoms with Crippen LogP contribution >= 0.6 is 0 Å². The van der Waals surface area contributed by atoms with E-state index in [0.29, 0.717) is 6.61 Å². The number of rotatable bonds is 4. The topological polar surface area (TPSA) is 38.3 Å². The van der Waals surface area contributed by atoms with Crippen molar-refractivity contribution in [3.63, 3.8) is 0 Å². The second-order valence-electron chi connectivity index (χ2n) is 4.36. The van der Waals surface area contributed by atoms with Gasteiger partial charge in [-0.3, -0.25) is 0 Å². The molecule has 0 radical (unpaired) electrons. The van der Waals surface area contributed by atoms with Crippen molar-refractivity contribution in [2.45, 2.75) is 32.2 Å². The molecule has 3 heteroatoms. The van der Waals surface area contributed by atoms with Crippen molar-refractivity contribution in [1.29, 1.82) is 0 Å². The summed E-state index contributed by atoms with van der Waals surface area (Å²) in [6, 6.07) is 5.96. The Hall–Kier alpha value is -1.35. The number of hydrogen-bond donors (Lipinski definition) is 1. The van der Waals surface area contributed by atoms with Crippen LogP contribution in [0.4, 0.5) is 0 Å². The van der Waals surface area contributed by atoms with Gasteiger partial charge in [0.25, 0.3) is 0 Å². The molecular weight excluding hydrogens is 214 g/mol. The molecule has 1 atom stereocenters. The van der Waals surface area contributed by atoms with Gasteiger partial charge in [-0.1, -0.05) is 18.2 Å². The molecule has 0 saturated heterocycles. The van der Waals surface area contributed by atoms with Crippen LogP contribution in [0.15, 0.2) is 18.2 Å².